The molecule has 102 valence electrons. The van der Waals surface area contributed by atoms with Gasteiger partial charge in [-0.25, -0.2) is 0 Å². The van der Waals surface area contributed by atoms with Crippen LogP contribution in [0.1, 0.15) is 35.3 Å². The zero-order valence-corrected chi connectivity index (χ0v) is 12.4. The largest absolute Gasteiger partial charge is 0.493 e. The van der Waals surface area contributed by atoms with Gasteiger partial charge in [-0.1, -0.05) is 25.1 Å². The predicted octanol–water partition coefficient (Wildman–Crippen LogP) is 3.94. The van der Waals surface area contributed by atoms with Gasteiger partial charge in [-0.05, 0) is 42.0 Å². The van der Waals surface area contributed by atoms with Gasteiger partial charge in [-0.15, -0.1) is 11.3 Å². The Labute approximate surface area is 119 Å². The van der Waals surface area contributed by atoms with Crippen LogP contribution in [0.4, 0.5) is 0 Å². The molecule has 2 nitrogen and oxygen atoms in total. The smallest absolute Gasteiger partial charge is 0.122 e. The minimum absolute atomic E-state index is 0.291. The summed E-state index contributed by atoms with van der Waals surface area (Å²) in [4.78, 5) is 1.32. The molecule has 0 aliphatic carbocycles. The predicted molar refractivity (Wildman–Crippen MR) is 82.2 cm³/mol. The van der Waals surface area contributed by atoms with E-state index in [-0.39, 0.29) is 0 Å². The molecule has 1 aromatic carbocycles. The highest BCUT2D eigenvalue weighted by Gasteiger charge is 2.14. The van der Waals surface area contributed by atoms with E-state index in [1.807, 2.05) is 0 Å². The highest BCUT2D eigenvalue weighted by Crippen LogP contribution is 2.30. The molecule has 1 atom stereocenters. The van der Waals surface area contributed by atoms with Gasteiger partial charge in [0.25, 0.3) is 0 Å². The Balaban J connectivity index is 2.23. The lowest BCUT2D eigenvalue weighted by molar-refractivity contribution is 0.315. The first-order valence-corrected chi connectivity index (χ1v) is 7.61. The Morgan fingerprint density at radius 3 is 2.74 bits per heavy atom. The van der Waals surface area contributed by atoms with Gasteiger partial charge < -0.3 is 10.5 Å². The van der Waals surface area contributed by atoms with Crippen molar-refractivity contribution < 1.29 is 4.74 Å². The normalized spacial score (nSPS) is 12.4. The highest BCUT2D eigenvalue weighted by molar-refractivity contribution is 7.10. The molecule has 1 aromatic heterocycles. The average molecular weight is 275 g/mol. The molecule has 0 amide bonds. The molecule has 0 fully saturated rings. The number of nitrogens with two attached hydrogens (primary N) is 1. The van der Waals surface area contributed by atoms with Crippen molar-refractivity contribution >= 4 is 11.3 Å². The van der Waals surface area contributed by atoms with Crippen LogP contribution in [0.2, 0.25) is 0 Å². The van der Waals surface area contributed by atoms with E-state index in [4.69, 9.17) is 10.5 Å². The van der Waals surface area contributed by atoms with Crippen molar-refractivity contribution in [1.29, 1.82) is 0 Å². The summed E-state index contributed by atoms with van der Waals surface area (Å²) in [5.74, 6) is 1.27. The molecule has 1 heterocycles. The molecule has 3 heteroatoms. The second-order valence-corrected chi connectivity index (χ2v) is 5.66. The molecule has 0 bridgehead atoms. The maximum atomic E-state index is 5.94. The minimum Gasteiger partial charge on any atom is -0.493 e. The Bertz CT molecular complexity index is 507. The molecule has 0 aliphatic rings. The van der Waals surface area contributed by atoms with E-state index < -0.39 is 0 Å². The zero-order chi connectivity index (χ0) is 13.7. The Morgan fingerprint density at radius 2 is 2.16 bits per heavy atom. The van der Waals surface area contributed by atoms with E-state index >= 15 is 0 Å². The summed E-state index contributed by atoms with van der Waals surface area (Å²) in [7, 11) is 0. The van der Waals surface area contributed by atoms with Crippen molar-refractivity contribution in [1.82, 2.24) is 0 Å². The number of benzene rings is 1. The van der Waals surface area contributed by atoms with Gasteiger partial charge in [0.15, 0.2) is 0 Å². The van der Waals surface area contributed by atoms with Crippen LogP contribution in [0, 0.1) is 6.92 Å². The molecule has 0 saturated carbocycles. The van der Waals surface area contributed by atoms with Gasteiger partial charge in [0.05, 0.1) is 6.61 Å². The molecular formula is C16H21NOS. The van der Waals surface area contributed by atoms with Crippen LogP contribution in [0.25, 0.3) is 0 Å². The van der Waals surface area contributed by atoms with Crippen LogP contribution < -0.4 is 10.5 Å². The van der Waals surface area contributed by atoms with E-state index in [9.17, 15) is 0 Å². The molecule has 2 N–H and O–H groups in total. The maximum absolute atomic E-state index is 5.94. The first-order chi connectivity index (χ1) is 9.26. The third-order valence-corrected chi connectivity index (χ3v) is 4.17. The Hall–Kier alpha value is -1.32. The molecule has 2 rings (SSSR count). The van der Waals surface area contributed by atoms with E-state index in [0.29, 0.717) is 12.5 Å². The quantitative estimate of drug-likeness (QED) is 0.866. The highest BCUT2D eigenvalue weighted by atomic mass is 32.1. The fraction of sp³-hybridized carbons (Fsp3) is 0.375. The van der Waals surface area contributed by atoms with Crippen molar-refractivity contribution in [2.24, 2.45) is 5.73 Å². The first kappa shape index (κ1) is 14.1. The topological polar surface area (TPSA) is 35.2 Å². The van der Waals surface area contributed by atoms with E-state index in [1.54, 1.807) is 11.3 Å². The van der Waals surface area contributed by atoms with Crippen molar-refractivity contribution in [3.05, 3.63) is 51.7 Å². The summed E-state index contributed by atoms with van der Waals surface area (Å²) in [6, 6.07) is 10.6. The van der Waals surface area contributed by atoms with E-state index in [0.717, 1.165) is 18.8 Å². The molecule has 0 aliphatic heterocycles. The van der Waals surface area contributed by atoms with Crippen LogP contribution >= 0.6 is 11.3 Å². The summed E-state index contributed by atoms with van der Waals surface area (Å²) < 4.78 is 5.72. The molecule has 0 saturated heterocycles. The minimum atomic E-state index is 0.291. The van der Waals surface area contributed by atoms with Gasteiger partial charge in [0.2, 0.25) is 0 Å². The SMILES string of the molecule is CCCOc1ccc(C(CN)c2cccs2)cc1C. The van der Waals surface area contributed by atoms with Gasteiger partial charge in [-0.2, -0.15) is 0 Å². The Morgan fingerprint density at radius 1 is 1.32 bits per heavy atom. The van der Waals surface area contributed by atoms with Crippen molar-refractivity contribution in [3.63, 3.8) is 0 Å². The number of ether oxygens (including phenoxy) is 1. The zero-order valence-electron chi connectivity index (χ0n) is 11.6. The number of thiophene rings is 1. The fourth-order valence-electron chi connectivity index (χ4n) is 2.17. The summed E-state index contributed by atoms with van der Waals surface area (Å²) in [6.07, 6.45) is 1.03. The second kappa shape index (κ2) is 6.73. The lowest BCUT2D eigenvalue weighted by atomic mass is 9.96. The first-order valence-electron chi connectivity index (χ1n) is 6.73. The van der Waals surface area contributed by atoms with E-state index in [1.165, 1.54) is 16.0 Å². The average Bonchev–Trinajstić information content (AvgIpc) is 2.92. The Kier molecular flexibility index (Phi) is 5.00. The lowest BCUT2D eigenvalue weighted by Crippen LogP contribution is -2.13. The van der Waals surface area contributed by atoms with Crippen LogP contribution in [0.5, 0.6) is 5.75 Å². The van der Waals surface area contributed by atoms with E-state index in [2.05, 4.69) is 49.6 Å². The molecule has 0 spiro atoms. The van der Waals surface area contributed by atoms with Crippen molar-refractivity contribution in [2.45, 2.75) is 26.2 Å². The summed E-state index contributed by atoms with van der Waals surface area (Å²) in [5, 5.41) is 2.10. The van der Waals surface area contributed by atoms with Crippen LogP contribution in [-0.2, 0) is 0 Å². The third-order valence-electron chi connectivity index (χ3n) is 3.19. The standard InChI is InChI=1S/C16H21NOS/c1-3-8-18-15-7-6-13(10-12(15)2)14(11-17)16-5-4-9-19-16/h4-7,9-10,14H,3,8,11,17H2,1-2H3. The van der Waals surface area contributed by atoms with Crippen molar-refractivity contribution in [2.75, 3.05) is 13.2 Å². The molecule has 1 unspecified atom stereocenters. The summed E-state index contributed by atoms with van der Waals surface area (Å²) >= 11 is 1.76. The number of hydrogen-bond donors (Lipinski definition) is 1. The van der Waals surface area contributed by atoms with Gasteiger partial charge in [0, 0.05) is 17.3 Å². The molecular weight excluding hydrogens is 254 g/mol. The van der Waals surface area contributed by atoms with Gasteiger partial charge >= 0.3 is 0 Å². The molecule has 0 radical (unpaired) electrons. The summed E-state index contributed by atoms with van der Waals surface area (Å²) in [5.41, 5.74) is 8.39. The molecule has 2 aromatic rings. The second-order valence-electron chi connectivity index (χ2n) is 4.68. The van der Waals surface area contributed by atoms with Crippen LogP contribution in [-0.4, -0.2) is 13.2 Å². The fourth-order valence-corrected chi connectivity index (χ4v) is 3.04. The monoisotopic (exact) mass is 275 g/mol. The van der Waals surface area contributed by atoms with Gasteiger partial charge in [0.1, 0.15) is 5.75 Å². The number of aryl methyl sites for hydroxylation is 1. The molecule has 19 heavy (non-hydrogen) atoms. The van der Waals surface area contributed by atoms with Gasteiger partial charge in [-0.3, -0.25) is 0 Å². The van der Waals surface area contributed by atoms with Crippen LogP contribution in [0.3, 0.4) is 0 Å². The van der Waals surface area contributed by atoms with Crippen LogP contribution in [0.15, 0.2) is 35.7 Å². The van der Waals surface area contributed by atoms with Crippen molar-refractivity contribution in [3.8, 4) is 5.75 Å². The summed E-state index contributed by atoms with van der Waals surface area (Å²) in [6.45, 7) is 5.61. The number of hydrogen-bond acceptors (Lipinski definition) is 3. The number of rotatable bonds is 6. The third kappa shape index (κ3) is 3.37. The maximum Gasteiger partial charge on any atom is 0.122 e. The lowest BCUT2D eigenvalue weighted by Gasteiger charge is -2.16.